The van der Waals surface area contributed by atoms with Crippen LogP contribution >= 0.6 is 11.6 Å². The highest BCUT2D eigenvalue weighted by Crippen LogP contribution is 2.39. The number of halogens is 1. The van der Waals surface area contributed by atoms with Gasteiger partial charge in [-0.25, -0.2) is 0 Å². The number of carbonyl (C=O) groups is 1. The first-order valence-corrected chi connectivity index (χ1v) is 7.61. The number of anilines is 2. The molecule has 0 radical (unpaired) electrons. The van der Waals surface area contributed by atoms with Crippen LogP contribution in [-0.4, -0.2) is 39.3 Å². The van der Waals surface area contributed by atoms with Crippen molar-refractivity contribution in [1.29, 1.82) is 0 Å². The molecule has 0 spiro atoms. The van der Waals surface area contributed by atoms with Gasteiger partial charge >= 0.3 is 0 Å². The lowest BCUT2D eigenvalue weighted by Crippen LogP contribution is -2.36. The maximum Gasteiger partial charge on any atom is 0.246 e. The Kier molecular flexibility index (Phi) is 4.06. The second-order valence-corrected chi connectivity index (χ2v) is 5.96. The van der Waals surface area contributed by atoms with E-state index in [9.17, 15) is 4.79 Å². The van der Waals surface area contributed by atoms with Gasteiger partial charge in [-0.1, -0.05) is 11.6 Å². The Balaban J connectivity index is 1.91. The number of amides is 1. The van der Waals surface area contributed by atoms with E-state index >= 15 is 0 Å². The standard InChI is InChI=1S/C15H20ClN3O2/c1-17-14-10-7-11(16)13(8-12(10)18-15(14)20)19(2)9-3-5-21-6-4-9/h7-9,14,17H,3-6H2,1-2H3,(H,18,20). The van der Waals surface area contributed by atoms with Crippen LogP contribution in [0.3, 0.4) is 0 Å². The minimum Gasteiger partial charge on any atom is -0.381 e. The number of rotatable bonds is 3. The number of ether oxygens (including phenoxy) is 1. The number of nitrogens with one attached hydrogen (secondary N) is 2. The molecule has 0 aromatic heterocycles. The lowest BCUT2D eigenvalue weighted by Gasteiger charge is -2.33. The van der Waals surface area contributed by atoms with Gasteiger partial charge in [0.15, 0.2) is 0 Å². The summed E-state index contributed by atoms with van der Waals surface area (Å²) >= 11 is 6.45. The summed E-state index contributed by atoms with van der Waals surface area (Å²) in [5.41, 5.74) is 2.72. The van der Waals surface area contributed by atoms with Gasteiger partial charge in [0.2, 0.25) is 5.91 Å². The molecule has 21 heavy (non-hydrogen) atoms. The zero-order valence-electron chi connectivity index (χ0n) is 12.3. The summed E-state index contributed by atoms with van der Waals surface area (Å²) in [7, 11) is 3.82. The molecule has 2 aliphatic heterocycles. The monoisotopic (exact) mass is 309 g/mol. The minimum atomic E-state index is -0.320. The molecular formula is C15H20ClN3O2. The maximum atomic E-state index is 11.9. The minimum absolute atomic E-state index is 0.0329. The molecule has 1 aromatic carbocycles. The largest absolute Gasteiger partial charge is 0.381 e. The van der Waals surface area contributed by atoms with Crippen molar-refractivity contribution < 1.29 is 9.53 Å². The molecule has 1 saturated heterocycles. The van der Waals surface area contributed by atoms with Crippen LogP contribution < -0.4 is 15.5 Å². The third-order valence-corrected chi connectivity index (χ3v) is 4.66. The van der Waals surface area contributed by atoms with Crippen LogP contribution in [0.25, 0.3) is 0 Å². The fourth-order valence-electron chi connectivity index (χ4n) is 3.10. The number of hydrogen-bond donors (Lipinski definition) is 2. The van der Waals surface area contributed by atoms with Crippen LogP contribution in [0.1, 0.15) is 24.4 Å². The molecule has 6 heteroatoms. The maximum absolute atomic E-state index is 11.9. The number of hydrogen-bond acceptors (Lipinski definition) is 4. The van der Waals surface area contributed by atoms with Gasteiger partial charge < -0.3 is 20.3 Å². The van der Waals surface area contributed by atoms with Crippen molar-refractivity contribution in [3.63, 3.8) is 0 Å². The van der Waals surface area contributed by atoms with Crippen molar-refractivity contribution >= 4 is 28.9 Å². The third kappa shape index (κ3) is 2.61. The van der Waals surface area contributed by atoms with Crippen LogP contribution in [-0.2, 0) is 9.53 Å². The Morgan fingerprint density at radius 3 is 2.76 bits per heavy atom. The third-order valence-electron chi connectivity index (χ3n) is 4.36. The highest BCUT2D eigenvalue weighted by Gasteiger charge is 2.31. The van der Waals surface area contributed by atoms with Crippen LogP contribution in [0.4, 0.5) is 11.4 Å². The van der Waals surface area contributed by atoms with E-state index in [1.54, 1.807) is 7.05 Å². The fourth-order valence-corrected chi connectivity index (χ4v) is 3.40. The van der Waals surface area contributed by atoms with Crippen molar-refractivity contribution in [2.75, 3.05) is 37.5 Å². The van der Waals surface area contributed by atoms with Crippen molar-refractivity contribution in [3.05, 3.63) is 22.7 Å². The number of fused-ring (bicyclic) bond motifs is 1. The van der Waals surface area contributed by atoms with Crippen LogP contribution in [0, 0.1) is 0 Å². The van der Waals surface area contributed by atoms with Crippen LogP contribution in [0.2, 0.25) is 5.02 Å². The van der Waals surface area contributed by atoms with Crippen LogP contribution in [0.15, 0.2) is 12.1 Å². The van der Waals surface area contributed by atoms with E-state index in [0.717, 1.165) is 43.0 Å². The fraction of sp³-hybridized carbons (Fsp3) is 0.533. The topological polar surface area (TPSA) is 53.6 Å². The highest BCUT2D eigenvalue weighted by molar-refractivity contribution is 6.33. The Hall–Kier alpha value is -1.30. The Labute approximate surface area is 129 Å². The van der Waals surface area contributed by atoms with Crippen molar-refractivity contribution in [1.82, 2.24) is 5.32 Å². The normalized spacial score (nSPS) is 22.0. The molecular weight excluding hydrogens is 290 g/mol. The summed E-state index contributed by atoms with van der Waals surface area (Å²) in [4.78, 5) is 14.1. The Morgan fingerprint density at radius 1 is 1.38 bits per heavy atom. The molecule has 0 aliphatic carbocycles. The first-order valence-electron chi connectivity index (χ1n) is 7.24. The zero-order chi connectivity index (χ0) is 15.0. The molecule has 114 valence electrons. The molecule has 5 nitrogen and oxygen atoms in total. The average molecular weight is 310 g/mol. The summed E-state index contributed by atoms with van der Waals surface area (Å²) in [6.45, 7) is 1.58. The second-order valence-electron chi connectivity index (χ2n) is 5.56. The van der Waals surface area contributed by atoms with Crippen molar-refractivity contribution in [3.8, 4) is 0 Å². The van der Waals surface area contributed by atoms with Gasteiger partial charge in [-0.05, 0) is 32.0 Å². The van der Waals surface area contributed by atoms with Crippen molar-refractivity contribution in [2.45, 2.75) is 24.9 Å². The summed E-state index contributed by atoms with van der Waals surface area (Å²) in [5, 5.41) is 6.60. The van der Waals surface area contributed by atoms with Gasteiger partial charge in [0, 0.05) is 37.6 Å². The van der Waals surface area contributed by atoms with Gasteiger partial charge in [-0.15, -0.1) is 0 Å². The van der Waals surface area contributed by atoms with E-state index in [1.807, 2.05) is 12.1 Å². The lowest BCUT2D eigenvalue weighted by molar-refractivity contribution is -0.117. The SMILES string of the molecule is CNC1C(=O)Nc2cc(N(C)C3CCOCC3)c(Cl)cc21. The molecule has 2 N–H and O–H groups in total. The molecule has 3 rings (SSSR count). The van der Waals surface area contributed by atoms with Gasteiger partial charge in [0.05, 0.1) is 10.7 Å². The predicted octanol–water partition coefficient (Wildman–Crippen LogP) is 2.17. The summed E-state index contributed by atoms with van der Waals surface area (Å²) in [5.74, 6) is -0.0329. The van der Waals surface area contributed by atoms with Crippen molar-refractivity contribution in [2.24, 2.45) is 0 Å². The highest BCUT2D eigenvalue weighted by atomic mass is 35.5. The van der Waals surface area contributed by atoms with Gasteiger partial charge in [0.25, 0.3) is 0 Å². The smallest absolute Gasteiger partial charge is 0.246 e. The number of nitrogens with zero attached hydrogens (tertiary/aromatic N) is 1. The lowest BCUT2D eigenvalue weighted by atomic mass is 10.0. The van der Waals surface area contributed by atoms with E-state index in [0.29, 0.717) is 11.1 Å². The molecule has 1 amide bonds. The first-order chi connectivity index (χ1) is 10.1. The summed E-state index contributed by atoms with van der Waals surface area (Å²) in [6.07, 6.45) is 1.99. The molecule has 1 unspecified atom stereocenters. The van der Waals surface area contributed by atoms with E-state index < -0.39 is 0 Å². The van der Waals surface area contributed by atoms with Gasteiger partial charge in [-0.2, -0.15) is 0 Å². The number of likely N-dealkylation sites (N-methyl/N-ethyl adjacent to an activating group) is 1. The first kappa shape index (κ1) is 14.6. The average Bonchev–Trinajstić information content (AvgIpc) is 2.81. The predicted molar refractivity (Wildman–Crippen MR) is 84.1 cm³/mol. The van der Waals surface area contributed by atoms with E-state index in [-0.39, 0.29) is 11.9 Å². The summed E-state index contributed by atoms with van der Waals surface area (Å²) < 4.78 is 5.41. The molecule has 0 saturated carbocycles. The van der Waals surface area contributed by atoms with E-state index in [2.05, 4.69) is 22.6 Å². The van der Waals surface area contributed by atoms with E-state index in [1.165, 1.54) is 0 Å². The zero-order valence-corrected chi connectivity index (χ0v) is 13.0. The van der Waals surface area contributed by atoms with Crippen LogP contribution in [0.5, 0.6) is 0 Å². The van der Waals surface area contributed by atoms with E-state index in [4.69, 9.17) is 16.3 Å². The Bertz CT molecular complexity index is 558. The van der Waals surface area contributed by atoms with Gasteiger partial charge in [-0.3, -0.25) is 4.79 Å². The molecule has 1 fully saturated rings. The number of benzene rings is 1. The number of carbonyl (C=O) groups excluding carboxylic acids is 1. The quantitative estimate of drug-likeness (QED) is 0.898. The summed E-state index contributed by atoms with van der Waals surface area (Å²) in [6, 6.07) is 3.97. The molecule has 2 heterocycles. The molecule has 1 atom stereocenters. The second kappa shape index (κ2) is 5.83. The molecule has 2 aliphatic rings. The van der Waals surface area contributed by atoms with Gasteiger partial charge in [0.1, 0.15) is 6.04 Å². The molecule has 1 aromatic rings. The molecule has 0 bridgehead atoms. The Morgan fingerprint density at radius 2 is 2.10 bits per heavy atom.